The zero-order valence-corrected chi connectivity index (χ0v) is 15.9. The summed E-state index contributed by atoms with van der Waals surface area (Å²) in [6.45, 7) is 8.40. The molecule has 0 radical (unpaired) electrons. The van der Waals surface area contributed by atoms with Gasteiger partial charge in [0.25, 0.3) is 5.91 Å². The molecule has 7 heteroatoms. The zero-order chi connectivity index (χ0) is 19.3. The van der Waals surface area contributed by atoms with E-state index >= 15 is 0 Å². The minimum absolute atomic E-state index is 0.187. The topological polar surface area (TPSA) is 80.2 Å². The molecule has 3 heterocycles. The number of rotatable bonds is 3. The summed E-state index contributed by atoms with van der Waals surface area (Å²) in [5.74, 6) is 0.0383. The zero-order valence-electron chi connectivity index (χ0n) is 15.9. The third-order valence-electron chi connectivity index (χ3n) is 4.87. The van der Waals surface area contributed by atoms with Crippen LogP contribution in [0.15, 0.2) is 24.3 Å². The Bertz CT molecular complexity index is 1060. The summed E-state index contributed by atoms with van der Waals surface area (Å²) < 4.78 is 7.36. The Balaban J connectivity index is 1.70. The van der Waals surface area contributed by atoms with Gasteiger partial charge in [0.2, 0.25) is 5.95 Å². The molecule has 1 aliphatic heterocycles. The number of anilines is 1. The second-order valence-corrected chi connectivity index (χ2v) is 7.09. The maximum Gasteiger partial charge on any atom is 0.340 e. The number of hydrogen-bond donors (Lipinski definition) is 1. The number of H-pyrrole nitrogens is 1. The number of aromatic amines is 1. The van der Waals surface area contributed by atoms with Crippen LogP contribution in [0.25, 0.3) is 11.0 Å². The molecule has 1 aliphatic rings. The quantitative estimate of drug-likeness (QED) is 0.722. The highest BCUT2D eigenvalue weighted by Gasteiger charge is 2.32. The molecular formula is C20H22N4O3. The Morgan fingerprint density at radius 2 is 1.93 bits per heavy atom. The van der Waals surface area contributed by atoms with Crippen LogP contribution in [0.2, 0.25) is 0 Å². The molecule has 0 bridgehead atoms. The number of carbonyl (C=O) groups is 2. The number of esters is 1. The van der Waals surface area contributed by atoms with Gasteiger partial charge in [-0.2, -0.15) is 0 Å². The Morgan fingerprint density at radius 1 is 1.19 bits per heavy atom. The van der Waals surface area contributed by atoms with Gasteiger partial charge in [-0.15, -0.1) is 0 Å². The predicted octanol–water partition coefficient (Wildman–Crippen LogP) is 3.21. The number of imidazole rings is 1. The molecule has 3 aromatic rings. The Morgan fingerprint density at radius 3 is 2.67 bits per heavy atom. The largest absolute Gasteiger partial charge is 0.459 e. The third kappa shape index (κ3) is 2.70. The van der Waals surface area contributed by atoms with Crippen molar-refractivity contribution in [2.75, 3.05) is 11.4 Å². The minimum Gasteiger partial charge on any atom is -0.459 e. The summed E-state index contributed by atoms with van der Waals surface area (Å²) in [6, 6.07) is 7.84. The van der Waals surface area contributed by atoms with Gasteiger partial charge < -0.3 is 14.3 Å². The highest BCUT2D eigenvalue weighted by atomic mass is 16.5. The summed E-state index contributed by atoms with van der Waals surface area (Å²) >= 11 is 0. The fraction of sp³-hybridized carbons (Fsp3) is 0.350. The van der Waals surface area contributed by atoms with Gasteiger partial charge in [0.1, 0.15) is 5.69 Å². The summed E-state index contributed by atoms with van der Waals surface area (Å²) in [7, 11) is 0. The highest BCUT2D eigenvalue weighted by Crippen LogP contribution is 2.29. The molecule has 0 aliphatic carbocycles. The van der Waals surface area contributed by atoms with Crippen LogP contribution in [0.1, 0.15) is 46.0 Å². The van der Waals surface area contributed by atoms with Crippen molar-refractivity contribution in [3.8, 4) is 0 Å². The molecule has 2 aromatic heterocycles. The second-order valence-electron chi connectivity index (χ2n) is 7.09. The number of fused-ring (bicyclic) bond motifs is 3. The minimum atomic E-state index is -0.413. The van der Waals surface area contributed by atoms with Crippen LogP contribution in [0.5, 0.6) is 0 Å². The Kier molecular flexibility index (Phi) is 4.02. The average molecular weight is 366 g/mol. The molecule has 140 valence electrons. The number of carbonyl (C=O) groups excluding carboxylic acids is 2. The van der Waals surface area contributed by atoms with Crippen LogP contribution in [-0.4, -0.2) is 39.1 Å². The molecule has 0 unspecified atom stereocenters. The number of nitrogens with zero attached hydrogens (tertiary/aromatic N) is 3. The lowest BCUT2D eigenvalue weighted by molar-refractivity contribution is 0.0376. The van der Waals surface area contributed by atoms with E-state index in [9.17, 15) is 9.59 Å². The predicted molar refractivity (Wildman–Crippen MR) is 102 cm³/mol. The van der Waals surface area contributed by atoms with E-state index in [4.69, 9.17) is 4.74 Å². The third-order valence-corrected chi connectivity index (χ3v) is 4.87. The van der Waals surface area contributed by atoms with Crippen LogP contribution >= 0.6 is 0 Å². The van der Waals surface area contributed by atoms with Crippen LogP contribution in [0.4, 0.5) is 5.95 Å². The maximum atomic E-state index is 13.2. The van der Waals surface area contributed by atoms with Crippen LogP contribution in [0, 0.1) is 13.8 Å². The molecule has 0 spiro atoms. The summed E-state index contributed by atoms with van der Waals surface area (Å²) in [6.07, 6.45) is -0.219. The van der Waals surface area contributed by atoms with E-state index in [1.54, 1.807) is 32.6 Å². The first-order chi connectivity index (χ1) is 12.9. The molecule has 1 aromatic carbocycles. The van der Waals surface area contributed by atoms with Crippen molar-refractivity contribution in [1.82, 2.24) is 14.5 Å². The number of hydrogen-bond acceptors (Lipinski definition) is 4. The van der Waals surface area contributed by atoms with Crippen molar-refractivity contribution in [1.29, 1.82) is 0 Å². The molecule has 0 atom stereocenters. The van der Waals surface area contributed by atoms with E-state index in [1.165, 1.54) is 0 Å². The number of nitrogens with one attached hydrogen (secondary N) is 1. The van der Waals surface area contributed by atoms with E-state index < -0.39 is 5.97 Å². The van der Waals surface area contributed by atoms with Crippen LogP contribution in [-0.2, 0) is 11.3 Å². The summed E-state index contributed by atoms with van der Waals surface area (Å²) in [5.41, 5.74) is 3.96. The van der Waals surface area contributed by atoms with E-state index in [1.807, 2.05) is 28.8 Å². The highest BCUT2D eigenvalue weighted by molar-refractivity contribution is 6.08. The van der Waals surface area contributed by atoms with Crippen molar-refractivity contribution in [3.63, 3.8) is 0 Å². The van der Waals surface area contributed by atoms with Gasteiger partial charge in [-0.3, -0.25) is 9.69 Å². The van der Waals surface area contributed by atoms with Crippen molar-refractivity contribution in [2.24, 2.45) is 0 Å². The van der Waals surface area contributed by atoms with E-state index in [0.717, 1.165) is 11.0 Å². The number of aromatic nitrogens is 3. The first-order valence-corrected chi connectivity index (χ1v) is 9.05. The first kappa shape index (κ1) is 17.3. The number of ether oxygens (including phenoxy) is 1. The number of benzene rings is 1. The SMILES string of the molecule is Cc1[nH]c(C(=O)N2CCn3c2nc2ccccc23)c(C)c1C(=O)OC(C)C. The van der Waals surface area contributed by atoms with Crippen molar-refractivity contribution in [3.05, 3.63) is 46.8 Å². The van der Waals surface area contributed by atoms with Gasteiger partial charge >= 0.3 is 5.97 Å². The molecule has 0 saturated heterocycles. The summed E-state index contributed by atoms with van der Waals surface area (Å²) in [4.78, 5) is 35.0. The van der Waals surface area contributed by atoms with E-state index in [-0.39, 0.29) is 12.0 Å². The molecule has 27 heavy (non-hydrogen) atoms. The Labute approximate surface area is 156 Å². The number of aryl methyl sites for hydroxylation is 1. The normalized spacial score (nSPS) is 13.4. The van der Waals surface area contributed by atoms with Gasteiger partial charge in [0.05, 0.1) is 22.7 Å². The smallest absolute Gasteiger partial charge is 0.340 e. The van der Waals surface area contributed by atoms with Gasteiger partial charge in [0, 0.05) is 18.8 Å². The monoisotopic (exact) mass is 366 g/mol. The fourth-order valence-corrected chi connectivity index (χ4v) is 3.66. The molecular weight excluding hydrogens is 344 g/mol. The lowest BCUT2D eigenvalue weighted by atomic mass is 10.1. The first-order valence-electron chi connectivity index (χ1n) is 9.05. The number of para-hydroxylation sites is 2. The number of amides is 1. The fourth-order valence-electron chi connectivity index (χ4n) is 3.66. The lowest BCUT2D eigenvalue weighted by Gasteiger charge is -2.13. The van der Waals surface area contributed by atoms with Crippen molar-refractivity contribution < 1.29 is 14.3 Å². The van der Waals surface area contributed by atoms with Gasteiger partial charge in [-0.25, -0.2) is 9.78 Å². The maximum absolute atomic E-state index is 13.2. The van der Waals surface area contributed by atoms with Crippen molar-refractivity contribution in [2.45, 2.75) is 40.3 Å². The summed E-state index contributed by atoms with van der Waals surface area (Å²) in [5, 5.41) is 0. The molecule has 0 saturated carbocycles. The average Bonchev–Trinajstić information content (AvgIpc) is 3.25. The molecule has 0 fully saturated rings. The second kappa shape index (κ2) is 6.26. The van der Waals surface area contributed by atoms with E-state index in [2.05, 4.69) is 9.97 Å². The van der Waals surface area contributed by atoms with Gasteiger partial charge in [-0.05, 0) is 45.4 Å². The molecule has 1 amide bonds. The van der Waals surface area contributed by atoms with E-state index in [0.29, 0.717) is 41.6 Å². The Hall–Kier alpha value is -3.09. The van der Waals surface area contributed by atoms with Crippen molar-refractivity contribution >= 4 is 28.9 Å². The van der Waals surface area contributed by atoms with Crippen LogP contribution < -0.4 is 4.90 Å². The van der Waals surface area contributed by atoms with Crippen LogP contribution in [0.3, 0.4) is 0 Å². The van der Waals surface area contributed by atoms with Gasteiger partial charge in [0.15, 0.2) is 0 Å². The van der Waals surface area contributed by atoms with Gasteiger partial charge in [-0.1, -0.05) is 12.1 Å². The molecule has 7 nitrogen and oxygen atoms in total. The lowest BCUT2D eigenvalue weighted by Crippen LogP contribution is -2.30. The standard InChI is InChI=1S/C20H22N4O3/c1-11(2)27-19(26)16-12(3)17(21-13(16)4)18(25)24-10-9-23-15-8-6-5-7-14(15)22-20(23)24/h5-8,11,21H,9-10H2,1-4H3. The molecule has 4 rings (SSSR count). The molecule has 1 N–H and O–H groups in total.